The number of hydrogen-bond acceptors (Lipinski definition) is 5. The highest BCUT2D eigenvalue weighted by atomic mass is 32.2. The summed E-state index contributed by atoms with van der Waals surface area (Å²) in [5.41, 5.74) is -0.473. The smallest absolute Gasteiger partial charge is 0.345 e. The van der Waals surface area contributed by atoms with Gasteiger partial charge in [0.2, 0.25) is 10.0 Å². The van der Waals surface area contributed by atoms with Crippen LogP contribution < -0.4 is 4.72 Å². The van der Waals surface area contributed by atoms with Crippen LogP contribution in [0.25, 0.3) is 0 Å². The third-order valence-corrected chi connectivity index (χ3v) is 5.48. The number of thiophene rings is 1. The maximum atomic E-state index is 12.0. The van der Waals surface area contributed by atoms with Crippen molar-refractivity contribution in [1.29, 1.82) is 0 Å². The normalized spacial score (nSPS) is 23.6. The number of ether oxygens (including phenoxy) is 1. The van der Waals surface area contributed by atoms with Crippen molar-refractivity contribution in [3.63, 3.8) is 0 Å². The van der Waals surface area contributed by atoms with Crippen LogP contribution in [0.4, 0.5) is 0 Å². The predicted molar refractivity (Wildman–Crippen MR) is 70.1 cm³/mol. The second-order valence-corrected chi connectivity index (χ2v) is 7.36. The SMILES string of the molecule is CC1(CNS(=O)(=O)c2csc(C(=O)O)c2)CCCO1. The van der Waals surface area contributed by atoms with Gasteiger partial charge in [-0.05, 0) is 25.8 Å². The van der Waals surface area contributed by atoms with Crippen molar-refractivity contribution in [1.82, 2.24) is 4.72 Å². The van der Waals surface area contributed by atoms with E-state index >= 15 is 0 Å². The molecule has 1 saturated heterocycles. The topological polar surface area (TPSA) is 92.7 Å². The average molecular weight is 305 g/mol. The molecule has 0 spiro atoms. The summed E-state index contributed by atoms with van der Waals surface area (Å²) in [6.45, 7) is 2.69. The number of rotatable bonds is 5. The zero-order valence-electron chi connectivity index (χ0n) is 10.4. The molecular formula is C11H15NO5S2. The number of carboxylic acids is 1. The highest BCUT2D eigenvalue weighted by Gasteiger charge is 2.31. The summed E-state index contributed by atoms with van der Waals surface area (Å²) in [5.74, 6) is -1.13. The van der Waals surface area contributed by atoms with Crippen LogP contribution in [-0.2, 0) is 14.8 Å². The van der Waals surface area contributed by atoms with E-state index in [0.29, 0.717) is 6.61 Å². The number of sulfonamides is 1. The molecule has 6 nitrogen and oxygen atoms in total. The van der Waals surface area contributed by atoms with E-state index in [9.17, 15) is 13.2 Å². The first kappa shape index (κ1) is 14.4. The Balaban J connectivity index is 2.07. The molecule has 19 heavy (non-hydrogen) atoms. The fourth-order valence-electron chi connectivity index (χ4n) is 1.88. The molecule has 2 heterocycles. The number of aromatic carboxylic acids is 1. The summed E-state index contributed by atoms with van der Waals surface area (Å²) in [6.07, 6.45) is 1.72. The summed E-state index contributed by atoms with van der Waals surface area (Å²) < 4.78 is 32.0. The molecule has 0 saturated carbocycles. The second kappa shape index (κ2) is 5.20. The Hall–Kier alpha value is -0.960. The van der Waals surface area contributed by atoms with Gasteiger partial charge >= 0.3 is 5.97 Å². The first-order chi connectivity index (χ1) is 8.82. The van der Waals surface area contributed by atoms with Gasteiger partial charge in [0.05, 0.1) is 10.5 Å². The van der Waals surface area contributed by atoms with E-state index in [0.717, 1.165) is 30.2 Å². The predicted octanol–water partition coefficient (Wildman–Crippen LogP) is 1.29. The zero-order valence-corrected chi connectivity index (χ0v) is 12.0. The lowest BCUT2D eigenvalue weighted by Gasteiger charge is -2.23. The van der Waals surface area contributed by atoms with Crippen molar-refractivity contribution in [2.75, 3.05) is 13.2 Å². The van der Waals surface area contributed by atoms with Crippen molar-refractivity contribution in [2.24, 2.45) is 0 Å². The van der Waals surface area contributed by atoms with Crippen molar-refractivity contribution in [2.45, 2.75) is 30.3 Å². The van der Waals surface area contributed by atoms with Crippen LogP contribution in [0.3, 0.4) is 0 Å². The molecule has 1 aromatic heterocycles. The van der Waals surface area contributed by atoms with Gasteiger partial charge < -0.3 is 9.84 Å². The zero-order chi connectivity index (χ0) is 14.1. The summed E-state index contributed by atoms with van der Waals surface area (Å²) in [6, 6.07) is 1.16. The van der Waals surface area contributed by atoms with Crippen LogP contribution in [0.2, 0.25) is 0 Å². The van der Waals surface area contributed by atoms with E-state index in [1.807, 2.05) is 6.92 Å². The lowest BCUT2D eigenvalue weighted by molar-refractivity contribution is 0.0250. The molecule has 1 aliphatic heterocycles. The van der Waals surface area contributed by atoms with Crippen LogP contribution in [0.15, 0.2) is 16.3 Å². The van der Waals surface area contributed by atoms with Crippen molar-refractivity contribution >= 4 is 27.3 Å². The van der Waals surface area contributed by atoms with Crippen LogP contribution in [-0.4, -0.2) is 38.2 Å². The molecule has 1 atom stereocenters. The molecule has 0 bridgehead atoms. The van der Waals surface area contributed by atoms with E-state index in [4.69, 9.17) is 9.84 Å². The first-order valence-corrected chi connectivity index (χ1v) is 8.14. The fraction of sp³-hybridized carbons (Fsp3) is 0.545. The number of carboxylic acid groups (broad SMARTS) is 1. The molecule has 2 rings (SSSR count). The van der Waals surface area contributed by atoms with E-state index in [2.05, 4.69) is 4.72 Å². The second-order valence-electron chi connectivity index (χ2n) is 4.68. The monoisotopic (exact) mass is 305 g/mol. The molecule has 1 fully saturated rings. The van der Waals surface area contributed by atoms with Gasteiger partial charge in [0.1, 0.15) is 4.88 Å². The third-order valence-electron chi connectivity index (χ3n) is 3.03. The van der Waals surface area contributed by atoms with E-state index in [1.54, 1.807) is 0 Å². The van der Waals surface area contributed by atoms with Gasteiger partial charge in [-0.2, -0.15) is 0 Å². The van der Waals surface area contributed by atoms with Crippen molar-refractivity contribution in [3.05, 3.63) is 16.3 Å². The molecule has 0 aliphatic carbocycles. The molecule has 1 unspecified atom stereocenters. The lowest BCUT2D eigenvalue weighted by Crippen LogP contribution is -2.39. The highest BCUT2D eigenvalue weighted by molar-refractivity contribution is 7.89. The molecule has 1 aliphatic rings. The molecule has 0 amide bonds. The van der Waals surface area contributed by atoms with Crippen molar-refractivity contribution in [3.8, 4) is 0 Å². The Bertz CT molecular complexity index is 572. The standard InChI is InChI=1S/C11H15NO5S2/c1-11(3-2-4-17-11)7-12-19(15,16)8-5-9(10(13)14)18-6-8/h5-6,12H,2-4,7H2,1H3,(H,13,14). The minimum Gasteiger partial charge on any atom is -0.477 e. The minimum atomic E-state index is -3.68. The average Bonchev–Trinajstić information content (AvgIpc) is 2.96. The molecule has 2 N–H and O–H groups in total. The molecular weight excluding hydrogens is 290 g/mol. The maximum Gasteiger partial charge on any atom is 0.345 e. The Morgan fingerprint density at radius 1 is 1.63 bits per heavy atom. The maximum absolute atomic E-state index is 12.0. The van der Waals surface area contributed by atoms with Crippen molar-refractivity contribution < 1.29 is 23.1 Å². The summed E-state index contributed by atoms with van der Waals surface area (Å²) in [5, 5.41) is 10.1. The number of hydrogen-bond donors (Lipinski definition) is 2. The highest BCUT2D eigenvalue weighted by Crippen LogP contribution is 2.25. The Kier molecular flexibility index (Phi) is 3.95. The largest absolute Gasteiger partial charge is 0.477 e. The summed E-state index contributed by atoms with van der Waals surface area (Å²) >= 11 is 0.892. The van der Waals surface area contributed by atoms with E-state index in [1.165, 1.54) is 5.38 Å². The summed E-state index contributed by atoms with van der Waals surface area (Å²) in [7, 11) is -3.68. The van der Waals surface area contributed by atoms with E-state index in [-0.39, 0.29) is 16.3 Å². The Morgan fingerprint density at radius 2 is 2.37 bits per heavy atom. The minimum absolute atomic E-state index is 0.00343. The van der Waals surface area contributed by atoms with Gasteiger partial charge in [-0.1, -0.05) is 0 Å². The van der Waals surface area contributed by atoms with Crippen LogP contribution in [0, 0.1) is 0 Å². The van der Waals surface area contributed by atoms with E-state index < -0.39 is 21.6 Å². The molecule has 1 aromatic rings. The van der Waals surface area contributed by atoms with Crippen LogP contribution in [0.1, 0.15) is 29.4 Å². The molecule has 106 valence electrons. The van der Waals surface area contributed by atoms with Gasteiger partial charge in [0.15, 0.2) is 0 Å². The van der Waals surface area contributed by atoms with Gasteiger partial charge in [-0.3, -0.25) is 0 Å². The number of nitrogens with one attached hydrogen (secondary N) is 1. The van der Waals surface area contributed by atoms with Gasteiger partial charge in [-0.25, -0.2) is 17.9 Å². The van der Waals surface area contributed by atoms with Gasteiger partial charge in [0.25, 0.3) is 0 Å². The third kappa shape index (κ3) is 3.33. The first-order valence-electron chi connectivity index (χ1n) is 5.78. The quantitative estimate of drug-likeness (QED) is 0.855. The fourth-order valence-corrected chi connectivity index (χ4v) is 4.15. The van der Waals surface area contributed by atoms with Crippen LogP contribution in [0.5, 0.6) is 0 Å². The lowest BCUT2D eigenvalue weighted by atomic mass is 10.0. The molecule has 0 aromatic carbocycles. The Morgan fingerprint density at radius 3 is 2.89 bits per heavy atom. The Labute approximate surface area is 115 Å². The van der Waals surface area contributed by atoms with Gasteiger partial charge in [-0.15, -0.1) is 11.3 Å². The van der Waals surface area contributed by atoms with Gasteiger partial charge in [0, 0.05) is 18.5 Å². The van der Waals surface area contributed by atoms with Crippen LogP contribution >= 0.6 is 11.3 Å². The molecule has 8 heteroatoms. The molecule has 0 radical (unpaired) electrons. The summed E-state index contributed by atoms with van der Waals surface area (Å²) in [4.78, 5) is 10.7. The number of carbonyl (C=O) groups is 1.